The van der Waals surface area contributed by atoms with Crippen molar-refractivity contribution in [2.45, 2.75) is 90.0 Å². The Kier molecular flexibility index (Phi) is 5.61. The molecule has 21 heavy (non-hydrogen) atoms. The van der Waals surface area contributed by atoms with Crippen LogP contribution in [0.25, 0.3) is 0 Å². The third-order valence-electron chi connectivity index (χ3n) is 7.26. The van der Waals surface area contributed by atoms with E-state index in [0.29, 0.717) is 6.04 Å². The van der Waals surface area contributed by atoms with E-state index in [1.807, 2.05) is 0 Å². The fourth-order valence-electron chi connectivity index (χ4n) is 5.85. The van der Waals surface area contributed by atoms with Crippen LogP contribution in [0.2, 0.25) is 0 Å². The van der Waals surface area contributed by atoms with Gasteiger partial charge in [0.15, 0.2) is 0 Å². The second kappa shape index (κ2) is 7.46. The molecule has 0 bridgehead atoms. The lowest BCUT2D eigenvalue weighted by molar-refractivity contribution is 0.0799. The predicted molar refractivity (Wildman–Crippen MR) is 89.6 cm³/mol. The maximum Gasteiger partial charge on any atom is 0.0267 e. The molecule has 0 radical (unpaired) electrons. The lowest BCUT2D eigenvalue weighted by atomic mass is 9.63. The van der Waals surface area contributed by atoms with Crippen molar-refractivity contribution >= 4 is 0 Å². The average Bonchev–Trinajstić information content (AvgIpc) is 2.56. The zero-order valence-electron chi connectivity index (χ0n) is 14.0. The van der Waals surface area contributed by atoms with E-state index >= 15 is 0 Å². The van der Waals surface area contributed by atoms with Crippen molar-refractivity contribution in [1.29, 1.82) is 0 Å². The van der Waals surface area contributed by atoms with Gasteiger partial charge in [0.05, 0.1) is 0 Å². The van der Waals surface area contributed by atoms with Crippen molar-refractivity contribution in [3.63, 3.8) is 0 Å². The lowest BCUT2D eigenvalue weighted by Crippen LogP contribution is -2.49. The van der Waals surface area contributed by atoms with Gasteiger partial charge in [0.25, 0.3) is 0 Å². The van der Waals surface area contributed by atoms with Gasteiger partial charge < -0.3 is 0 Å². The maximum atomic E-state index is 6.02. The Hall–Kier alpha value is -0.0800. The van der Waals surface area contributed by atoms with Gasteiger partial charge >= 0.3 is 0 Å². The van der Waals surface area contributed by atoms with Gasteiger partial charge in [-0.1, -0.05) is 51.9 Å². The molecule has 0 saturated heterocycles. The Balaban J connectivity index is 1.56. The van der Waals surface area contributed by atoms with Crippen LogP contribution in [-0.4, -0.2) is 6.04 Å². The average molecular weight is 293 g/mol. The third kappa shape index (κ3) is 3.64. The molecule has 0 aromatic carbocycles. The highest BCUT2D eigenvalue weighted by Gasteiger charge is 2.38. The van der Waals surface area contributed by atoms with E-state index in [1.165, 1.54) is 77.0 Å². The highest BCUT2D eigenvalue weighted by Crippen LogP contribution is 2.45. The zero-order valence-corrected chi connectivity index (χ0v) is 14.0. The zero-order chi connectivity index (χ0) is 14.7. The minimum atomic E-state index is 0.602. The molecule has 3 rings (SSSR count). The second-order valence-corrected chi connectivity index (χ2v) is 8.26. The van der Waals surface area contributed by atoms with Crippen molar-refractivity contribution in [3.8, 4) is 0 Å². The Morgan fingerprint density at radius 1 is 0.857 bits per heavy atom. The number of hydrazine groups is 1. The largest absolute Gasteiger partial charge is 0.271 e. The molecule has 3 aliphatic carbocycles. The van der Waals surface area contributed by atoms with E-state index in [2.05, 4.69) is 12.3 Å². The molecule has 0 heterocycles. The fourth-order valence-corrected chi connectivity index (χ4v) is 5.85. The summed E-state index contributed by atoms with van der Waals surface area (Å²) in [4.78, 5) is 0. The van der Waals surface area contributed by atoms with Crippen molar-refractivity contribution in [3.05, 3.63) is 0 Å². The number of nitrogens with two attached hydrogens (primary N) is 1. The van der Waals surface area contributed by atoms with E-state index in [0.717, 1.165) is 29.6 Å². The molecule has 0 aliphatic heterocycles. The lowest BCUT2D eigenvalue weighted by Gasteiger charge is -2.44. The van der Waals surface area contributed by atoms with Crippen LogP contribution in [-0.2, 0) is 0 Å². The van der Waals surface area contributed by atoms with Crippen molar-refractivity contribution < 1.29 is 0 Å². The van der Waals surface area contributed by atoms with Gasteiger partial charge in [-0.15, -0.1) is 0 Å². The molecular weight excluding hydrogens is 256 g/mol. The summed E-state index contributed by atoms with van der Waals surface area (Å²) in [5.41, 5.74) is 3.27. The van der Waals surface area contributed by atoms with Crippen LogP contribution < -0.4 is 11.3 Å². The summed E-state index contributed by atoms with van der Waals surface area (Å²) in [6, 6.07) is 0.602. The third-order valence-corrected chi connectivity index (χ3v) is 7.26. The summed E-state index contributed by atoms with van der Waals surface area (Å²) < 4.78 is 0. The summed E-state index contributed by atoms with van der Waals surface area (Å²) in [5, 5.41) is 0. The Labute approximate surface area is 131 Å². The van der Waals surface area contributed by atoms with E-state index in [4.69, 9.17) is 5.84 Å². The summed E-state index contributed by atoms with van der Waals surface area (Å²) >= 11 is 0. The quantitative estimate of drug-likeness (QED) is 0.585. The Morgan fingerprint density at radius 2 is 1.52 bits per heavy atom. The molecule has 0 aromatic rings. The molecule has 0 aromatic heterocycles. The molecule has 0 amide bonds. The van der Waals surface area contributed by atoms with Gasteiger partial charge in [0.1, 0.15) is 0 Å². The molecule has 4 unspecified atom stereocenters. The van der Waals surface area contributed by atoms with E-state index in [9.17, 15) is 0 Å². The first kappa shape index (κ1) is 15.8. The predicted octanol–water partition coefficient (Wildman–Crippen LogP) is 4.64. The smallest absolute Gasteiger partial charge is 0.0267 e. The Bertz CT molecular complexity index is 309. The standard InChI is InChI=1S/C19H36N2/c1-2-14-7-9-16(10-8-14)19(21-20)18-12-11-15-5-3-4-6-17(15)13-18/h14-19,21H,2-13,20H2,1H3. The molecule has 3 aliphatic rings. The van der Waals surface area contributed by atoms with Crippen LogP contribution in [0.1, 0.15) is 84.0 Å². The van der Waals surface area contributed by atoms with Crippen molar-refractivity contribution in [2.75, 3.05) is 0 Å². The molecule has 4 atom stereocenters. The summed E-state index contributed by atoms with van der Waals surface area (Å²) in [7, 11) is 0. The van der Waals surface area contributed by atoms with Gasteiger partial charge in [-0.05, 0) is 61.7 Å². The van der Waals surface area contributed by atoms with Crippen LogP contribution in [0.5, 0.6) is 0 Å². The first-order chi connectivity index (χ1) is 10.3. The molecule has 2 heteroatoms. The van der Waals surface area contributed by atoms with Crippen LogP contribution >= 0.6 is 0 Å². The summed E-state index contributed by atoms with van der Waals surface area (Å²) in [6.07, 6.45) is 17.5. The van der Waals surface area contributed by atoms with Crippen molar-refractivity contribution in [1.82, 2.24) is 5.43 Å². The van der Waals surface area contributed by atoms with Gasteiger partial charge in [0, 0.05) is 6.04 Å². The van der Waals surface area contributed by atoms with Gasteiger partial charge in [-0.3, -0.25) is 11.3 Å². The minimum Gasteiger partial charge on any atom is -0.271 e. The number of nitrogens with one attached hydrogen (secondary N) is 1. The number of rotatable bonds is 4. The molecule has 2 nitrogen and oxygen atoms in total. The molecule has 122 valence electrons. The second-order valence-electron chi connectivity index (χ2n) is 8.26. The first-order valence-corrected chi connectivity index (χ1v) is 9.78. The number of hydrogen-bond donors (Lipinski definition) is 2. The highest BCUT2D eigenvalue weighted by atomic mass is 15.2. The maximum absolute atomic E-state index is 6.02. The number of hydrogen-bond acceptors (Lipinski definition) is 2. The van der Waals surface area contributed by atoms with Crippen LogP contribution in [0.3, 0.4) is 0 Å². The van der Waals surface area contributed by atoms with Crippen LogP contribution in [0, 0.1) is 29.6 Å². The summed E-state index contributed by atoms with van der Waals surface area (Å²) in [5.74, 6) is 10.8. The fraction of sp³-hybridized carbons (Fsp3) is 1.00. The van der Waals surface area contributed by atoms with E-state index < -0.39 is 0 Å². The highest BCUT2D eigenvalue weighted by molar-refractivity contribution is 4.91. The monoisotopic (exact) mass is 292 g/mol. The topological polar surface area (TPSA) is 38.0 Å². The normalized spacial score (nSPS) is 42.3. The van der Waals surface area contributed by atoms with Gasteiger partial charge in [-0.25, -0.2) is 0 Å². The van der Waals surface area contributed by atoms with Gasteiger partial charge in [-0.2, -0.15) is 0 Å². The van der Waals surface area contributed by atoms with Crippen LogP contribution in [0.15, 0.2) is 0 Å². The summed E-state index contributed by atoms with van der Waals surface area (Å²) in [6.45, 7) is 2.36. The van der Waals surface area contributed by atoms with E-state index in [1.54, 1.807) is 0 Å². The Morgan fingerprint density at radius 3 is 2.19 bits per heavy atom. The van der Waals surface area contributed by atoms with Crippen LogP contribution in [0.4, 0.5) is 0 Å². The SMILES string of the molecule is CCC1CCC(C(NN)C2CCC3CCCCC3C2)CC1. The van der Waals surface area contributed by atoms with Crippen molar-refractivity contribution in [2.24, 2.45) is 35.4 Å². The molecule has 3 N–H and O–H groups in total. The molecule has 3 saturated carbocycles. The minimum absolute atomic E-state index is 0.602. The molecular formula is C19H36N2. The molecule has 3 fully saturated rings. The first-order valence-electron chi connectivity index (χ1n) is 9.78. The van der Waals surface area contributed by atoms with Gasteiger partial charge in [0.2, 0.25) is 0 Å². The van der Waals surface area contributed by atoms with E-state index in [-0.39, 0.29) is 0 Å². The molecule has 0 spiro atoms. The number of fused-ring (bicyclic) bond motifs is 1.